The molecule has 20 heavy (non-hydrogen) atoms. The van der Waals surface area contributed by atoms with E-state index in [-0.39, 0.29) is 12.5 Å². The maximum Gasteiger partial charge on any atom is 0.308 e. The molecule has 0 saturated heterocycles. The summed E-state index contributed by atoms with van der Waals surface area (Å²) < 4.78 is 0.849. The SMILES string of the molecule is CC(CN(C)C(=O)c1n[nH]c2ccc(Br)cc12)C(=O)O. The summed E-state index contributed by atoms with van der Waals surface area (Å²) in [6.45, 7) is 1.70. The molecule has 1 heterocycles. The second-order valence-electron chi connectivity index (χ2n) is 4.69. The third-order valence-corrected chi connectivity index (χ3v) is 3.54. The zero-order chi connectivity index (χ0) is 14.9. The standard InChI is InChI=1S/C13H14BrN3O3/c1-7(13(19)20)6-17(2)12(18)11-9-5-8(14)3-4-10(9)15-16-11/h3-5,7H,6H2,1-2H3,(H,15,16)(H,19,20). The molecule has 106 valence electrons. The number of carbonyl (C=O) groups is 2. The van der Waals surface area contributed by atoms with Gasteiger partial charge in [0.05, 0.1) is 11.4 Å². The highest BCUT2D eigenvalue weighted by Crippen LogP contribution is 2.22. The normalized spacial score (nSPS) is 12.3. The largest absolute Gasteiger partial charge is 0.481 e. The number of amides is 1. The van der Waals surface area contributed by atoms with E-state index in [0.29, 0.717) is 11.1 Å². The molecule has 6 nitrogen and oxygen atoms in total. The van der Waals surface area contributed by atoms with Crippen LogP contribution in [0.1, 0.15) is 17.4 Å². The van der Waals surface area contributed by atoms with Crippen LogP contribution >= 0.6 is 15.9 Å². The molecule has 1 amide bonds. The lowest BCUT2D eigenvalue weighted by molar-refractivity contribution is -0.141. The molecule has 7 heteroatoms. The predicted octanol–water partition coefficient (Wildman–Crippen LogP) is 2.12. The van der Waals surface area contributed by atoms with Gasteiger partial charge in [0, 0.05) is 23.5 Å². The summed E-state index contributed by atoms with van der Waals surface area (Å²) in [7, 11) is 1.57. The Morgan fingerprint density at radius 3 is 2.85 bits per heavy atom. The van der Waals surface area contributed by atoms with Crippen molar-refractivity contribution in [1.29, 1.82) is 0 Å². The van der Waals surface area contributed by atoms with Crippen LogP contribution in [-0.2, 0) is 4.79 Å². The van der Waals surface area contributed by atoms with Crippen LogP contribution in [0.15, 0.2) is 22.7 Å². The number of H-pyrrole nitrogens is 1. The molecule has 1 aromatic heterocycles. The number of nitrogens with one attached hydrogen (secondary N) is 1. The Bertz CT molecular complexity index is 668. The minimum Gasteiger partial charge on any atom is -0.481 e. The number of hydrogen-bond donors (Lipinski definition) is 2. The van der Waals surface area contributed by atoms with Crippen LogP contribution in [0.3, 0.4) is 0 Å². The fraction of sp³-hybridized carbons (Fsp3) is 0.308. The molecule has 1 unspecified atom stereocenters. The summed E-state index contributed by atoms with van der Waals surface area (Å²) in [6, 6.07) is 5.48. The van der Waals surface area contributed by atoms with Crippen LogP contribution in [0.25, 0.3) is 10.9 Å². The molecular formula is C13H14BrN3O3. The van der Waals surface area contributed by atoms with Gasteiger partial charge in [-0.05, 0) is 18.2 Å². The van der Waals surface area contributed by atoms with E-state index in [0.717, 1.165) is 9.99 Å². The molecule has 2 aromatic rings. The maximum absolute atomic E-state index is 12.3. The lowest BCUT2D eigenvalue weighted by Gasteiger charge is -2.18. The second-order valence-corrected chi connectivity index (χ2v) is 5.60. The number of fused-ring (bicyclic) bond motifs is 1. The molecule has 0 aliphatic rings. The van der Waals surface area contributed by atoms with Gasteiger partial charge in [0.25, 0.3) is 5.91 Å². The van der Waals surface area contributed by atoms with Gasteiger partial charge in [-0.1, -0.05) is 22.9 Å². The summed E-state index contributed by atoms with van der Waals surface area (Å²) in [4.78, 5) is 24.5. The number of carbonyl (C=O) groups excluding carboxylic acids is 1. The molecule has 0 spiro atoms. The minimum absolute atomic E-state index is 0.135. The Kier molecular flexibility index (Phi) is 4.08. The van der Waals surface area contributed by atoms with E-state index in [1.54, 1.807) is 20.0 Å². The van der Waals surface area contributed by atoms with Crippen LogP contribution in [0.2, 0.25) is 0 Å². The van der Waals surface area contributed by atoms with Gasteiger partial charge in [-0.25, -0.2) is 0 Å². The first kappa shape index (κ1) is 14.5. The van der Waals surface area contributed by atoms with Crippen LogP contribution in [0.5, 0.6) is 0 Å². The van der Waals surface area contributed by atoms with Crippen molar-refractivity contribution < 1.29 is 14.7 Å². The van der Waals surface area contributed by atoms with Crippen molar-refractivity contribution in [2.75, 3.05) is 13.6 Å². The fourth-order valence-electron chi connectivity index (χ4n) is 1.90. The second kappa shape index (κ2) is 5.62. The van der Waals surface area contributed by atoms with Gasteiger partial charge in [-0.2, -0.15) is 5.10 Å². The summed E-state index contributed by atoms with van der Waals surface area (Å²) in [5.74, 6) is -1.86. The van der Waals surface area contributed by atoms with Crippen molar-refractivity contribution in [2.45, 2.75) is 6.92 Å². The van der Waals surface area contributed by atoms with Gasteiger partial charge in [0.1, 0.15) is 0 Å². The Morgan fingerprint density at radius 2 is 2.20 bits per heavy atom. The zero-order valence-corrected chi connectivity index (χ0v) is 12.6. The highest BCUT2D eigenvalue weighted by molar-refractivity contribution is 9.10. The number of halogens is 1. The molecule has 0 bridgehead atoms. The highest BCUT2D eigenvalue weighted by atomic mass is 79.9. The first-order chi connectivity index (χ1) is 9.40. The monoisotopic (exact) mass is 339 g/mol. The number of benzene rings is 1. The number of hydrogen-bond acceptors (Lipinski definition) is 3. The fourth-order valence-corrected chi connectivity index (χ4v) is 2.26. The molecule has 0 aliphatic heterocycles. The van der Waals surface area contributed by atoms with Crippen molar-refractivity contribution in [2.24, 2.45) is 5.92 Å². The van der Waals surface area contributed by atoms with Gasteiger partial charge in [0.15, 0.2) is 5.69 Å². The van der Waals surface area contributed by atoms with E-state index in [1.165, 1.54) is 4.90 Å². The van der Waals surface area contributed by atoms with Gasteiger partial charge < -0.3 is 10.0 Å². The van der Waals surface area contributed by atoms with E-state index in [2.05, 4.69) is 26.1 Å². The predicted molar refractivity (Wildman–Crippen MR) is 77.6 cm³/mol. The summed E-state index contributed by atoms with van der Waals surface area (Å²) in [6.07, 6.45) is 0. The van der Waals surface area contributed by atoms with Crippen LogP contribution < -0.4 is 0 Å². The van der Waals surface area contributed by atoms with Crippen molar-refractivity contribution in [1.82, 2.24) is 15.1 Å². The van der Waals surface area contributed by atoms with E-state index >= 15 is 0 Å². The molecular weight excluding hydrogens is 326 g/mol. The topological polar surface area (TPSA) is 86.3 Å². The van der Waals surface area contributed by atoms with Crippen molar-refractivity contribution in [3.63, 3.8) is 0 Å². The molecule has 0 fully saturated rings. The van der Waals surface area contributed by atoms with Crippen molar-refractivity contribution in [3.8, 4) is 0 Å². The van der Waals surface area contributed by atoms with Gasteiger partial charge >= 0.3 is 5.97 Å². The van der Waals surface area contributed by atoms with Crippen LogP contribution in [0, 0.1) is 5.92 Å². The van der Waals surface area contributed by atoms with E-state index in [4.69, 9.17) is 5.11 Å². The maximum atomic E-state index is 12.3. The Morgan fingerprint density at radius 1 is 1.50 bits per heavy atom. The first-order valence-electron chi connectivity index (χ1n) is 6.02. The van der Waals surface area contributed by atoms with Crippen molar-refractivity contribution in [3.05, 3.63) is 28.4 Å². The number of nitrogens with zero attached hydrogens (tertiary/aromatic N) is 2. The number of aliphatic carboxylic acids is 1. The molecule has 0 radical (unpaired) electrons. The number of aromatic amines is 1. The first-order valence-corrected chi connectivity index (χ1v) is 6.81. The number of carboxylic acid groups (broad SMARTS) is 1. The Balaban J connectivity index is 2.27. The van der Waals surface area contributed by atoms with E-state index in [9.17, 15) is 9.59 Å². The smallest absolute Gasteiger partial charge is 0.308 e. The van der Waals surface area contributed by atoms with E-state index in [1.807, 2.05) is 12.1 Å². The van der Waals surface area contributed by atoms with Crippen molar-refractivity contribution >= 4 is 38.7 Å². The highest BCUT2D eigenvalue weighted by Gasteiger charge is 2.22. The quantitative estimate of drug-likeness (QED) is 0.893. The third-order valence-electron chi connectivity index (χ3n) is 3.04. The molecule has 2 rings (SSSR count). The average Bonchev–Trinajstić information content (AvgIpc) is 2.80. The third kappa shape index (κ3) is 2.82. The summed E-state index contributed by atoms with van der Waals surface area (Å²) in [5.41, 5.74) is 1.05. The minimum atomic E-state index is -0.931. The summed E-state index contributed by atoms with van der Waals surface area (Å²) >= 11 is 3.35. The lowest BCUT2D eigenvalue weighted by atomic mass is 10.1. The molecule has 0 saturated carbocycles. The Hall–Kier alpha value is -1.89. The van der Waals surface area contributed by atoms with Crippen LogP contribution in [0.4, 0.5) is 0 Å². The molecule has 1 atom stereocenters. The van der Waals surface area contributed by atoms with Gasteiger partial charge in [-0.15, -0.1) is 0 Å². The molecule has 2 N–H and O–H groups in total. The van der Waals surface area contributed by atoms with E-state index < -0.39 is 11.9 Å². The number of aromatic nitrogens is 2. The van der Waals surface area contributed by atoms with Gasteiger partial charge in [0.2, 0.25) is 0 Å². The summed E-state index contributed by atoms with van der Waals surface area (Å²) in [5, 5.41) is 16.4. The Labute approximate surface area is 123 Å². The molecule has 1 aromatic carbocycles. The average molecular weight is 340 g/mol. The van der Waals surface area contributed by atoms with Gasteiger partial charge in [-0.3, -0.25) is 14.7 Å². The lowest BCUT2D eigenvalue weighted by Crippen LogP contribution is -2.34. The molecule has 0 aliphatic carbocycles. The van der Waals surface area contributed by atoms with Crippen LogP contribution in [-0.4, -0.2) is 45.7 Å². The number of carboxylic acids is 1. The number of rotatable bonds is 4. The zero-order valence-electron chi connectivity index (χ0n) is 11.1.